The maximum atomic E-state index is 11.3. The Labute approximate surface area is 91.5 Å². The average Bonchev–Trinajstić information content (AvgIpc) is 2.27. The highest BCUT2D eigenvalue weighted by Gasteiger charge is 2.17. The Balaban J connectivity index is 4.12. The number of likely N-dealkylation sites (N-methyl/N-ethyl adjacent to an activating group) is 1. The van der Waals surface area contributed by atoms with Crippen molar-refractivity contribution in [3.8, 4) is 0 Å². The molecule has 0 saturated carbocycles. The van der Waals surface area contributed by atoms with E-state index in [0.717, 1.165) is 12.8 Å². The number of aliphatic hydroxyl groups excluding tert-OH is 1. The number of hydrogen-bond donors (Lipinski definition) is 1. The van der Waals surface area contributed by atoms with Gasteiger partial charge in [0.25, 0.3) is 0 Å². The number of methoxy groups -OCH3 is 1. The highest BCUT2D eigenvalue weighted by Crippen LogP contribution is 2.09. The highest BCUT2D eigenvalue weighted by atomic mass is 16.5. The Bertz CT molecular complexity index is 206. The van der Waals surface area contributed by atoms with E-state index in [1.165, 1.54) is 11.0 Å². The molecular weight excluding hydrogens is 194 g/mol. The van der Waals surface area contributed by atoms with Crippen LogP contribution in [0.1, 0.15) is 19.8 Å². The van der Waals surface area contributed by atoms with Gasteiger partial charge in [0.2, 0.25) is 5.91 Å². The zero-order chi connectivity index (χ0) is 11.8. The second-order valence-electron chi connectivity index (χ2n) is 3.61. The van der Waals surface area contributed by atoms with E-state index in [1.807, 2.05) is 6.92 Å². The van der Waals surface area contributed by atoms with Crippen LogP contribution >= 0.6 is 0 Å². The van der Waals surface area contributed by atoms with Gasteiger partial charge in [-0.15, -0.1) is 0 Å². The minimum absolute atomic E-state index is 0.0352. The van der Waals surface area contributed by atoms with Gasteiger partial charge in [-0.1, -0.05) is 6.58 Å². The molecule has 0 heterocycles. The largest absolute Gasteiger partial charge is 0.394 e. The number of rotatable bonds is 7. The first-order valence-electron chi connectivity index (χ1n) is 5.09. The molecule has 0 aliphatic heterocycles. The van der Waals surface area contributed by atoms with Gasteiger partial charge in [0.15, 0.2) is 0 Å². The number of aliphatic hydroxyl groups is 1. The summed E-state index contributed by atoms with van der Waals surface area (Å²) in [5, 5.41) is 9.16. The third kappa shape index (κ3) is 4.95. The van der Waals surface area contributed by atoms with Gasteiger partial charge in [-0.25, -0.2) is 0 Å². The Morgan fingerprint density at radius 3 is 2.60 bits per heavy atom. The van der Waals surface area contributed by atoms with Gasteiger partial charge < -0.3 is 14.7 Å². The van der Waals surface area contributed by atoms with Crippen molar-refractivity contribution in [3.05, 3.63) is 12.7 Å². The predicted molar refractivity (Wildman–Crippen MR) is 59.5 cm³/mol. The van der Waals surface area contributed by atoms with E-state index < -0.39 is 0 Å². The molecule has 0 aliphatic rings. The van der Waals surface area contributed by atoms with Crippen LogP contribution in [-0.2, 0) is 9.53 Å². The van der Waals surface area contributed by atoms with E-state index in [-0.39, 0.29) is 24.7 Å². The molecular formula is C11H21NO3. The summed E-state index contributed by atoms with van der Waals surface area (Å²) in [6.45, 7) is 5.34. The van der Waals surface area contributed by atoms with Crippen LogP contribution in [0.4, 0.5) is 0 Å². The molecule has 0 fully saturated rings. The molecule has 0 aromatic heterocycles. The lowest BCUT2D eigenvalue weighted by Gasteiger charge is -2.26. The minimum Gasteiger partial charge on any atom is -0.394 e. The first kappa shape index (κ1) is 14.1. The molecule has 0 aliphatic carbocycles. The maximum absolute atomic E-state index is 11.3. The van der Waals surface area contributed by atoms with Crippen LogP contribution in [0.15, 0.2) is 12.7 Å². The molecule has 4 nitrogen and oxygen atoms in total. The van der Waals surface area contributed by atoms with Crippen LogP contribution in [0, 0.1) is 0 Å². The summed E-state index contributed by atoms with van der Waals surface area (Å²) >= 11 is 0. The average molecular weight is 215 g/mol. The monoisotopic (exact) mass is 215 g/mol. The van der Waals surface area contributed by atoms with Crippen molar-refractivity contribution in [3.63, 3.8) is 0 Å². The number of carbonyl (C=O) groups is 1. The summed E-state index contributed by atoms with van der Waals surface area (Å²) in [7, 11) is 3.32. The Kier molecular flexibility index (Phi) is 6.99. The van der Waals surface area contributed by atoms with Crippen LogP contribution in [0.25, 0.3) is 0 Å². The van der Waals surface area contributed by atoms with Crippen LogP contribution in [0.2, 0.25) is 0 Å². The van der Waals surface area contributed by atoms with E-state index in [4.69, 9.17) is 9.84 Å². The minimum atomic E-state index is -0.167. The van der Waals surface area contributed by atoms with Gasteiger partial charge in [0, 0.05) is 14.2 Å². The molecule has 1 amide bonds. The Morgan fingerprint density at radius 2 is 2.20 bits per heavy atom. The van der Waals surface area contributed by atoms with Gasteiger partial charge in [0.05, 0.1) is 18.8 Å². The zero-order valence-electron chi connectivity index (χ0n) is 9.77. The fourth-order valence-electron chi connectivity index (χ4n) is 1.28. The Morgan fingerprint density at radius 1 is 1.60 bits per heavy atom. The lowest BCUT2D eigenvalue weighted by molar-refractivity contribution is -0.127. The van der Waals surface area contributed by atoms with Crippen LogP contribution < -0.4 is 0 Å². The van der Waals surface area contributed by atoms with Crippen molar-refractivity contribution in [2.45, 2.75) is 31.9 Å². The summed E-state index contributed by atoms with van der Waals surface area (Å²) < 4.78 is 5.11. The quantitative estimate of drug-likeness (QED) is 0.639. The molecule has 88 valence electrons. The van der Waals surface area contributed by atoms with E-state index in [2.05, 4.69) is 6.58 Å². The summed E-state index contributed by atoms with van der Waals surface area (Å²) in [5.41, 5.74) is 0. The zero-order valence-corrected chi connectivity index (χ0v) is 9.77. The number of amides is 1. The van der Waals surface area contributed by atoms with Crippen LogP contribution in [-0.4, -0.2) is 48.8 Å². The molecule has 0 bridgehead atoms. The molecule has 0 radical (unpaired) electrons. The molecule has 0 spiro atoms. The molecule has 4 heteroatoms. The van der Waals surface area contributed by atoms with Gasteiger partial charge in [-0.2, -0.15) is 0 Å². The molecule has 1 N–H and O–H groups in total. The van der Waals surface area contributed by atoms with E-state index in [1.54, 1.807) is 14.2 Å². The van der Waals surface area contributed by atoms with E-state index in [9.17, 15) is 4.79 Å². The van der Waals surface area contributed by atoms with Crippen LogP contribution in [0.3, 0.4) is 0 Å². The summed E-state index contributed by atoms with van der Waals surface area (Å²) in [4.78, 5) is 12.8. The highest BCUT2D eigenvalue weighted by molar-refractivity contribution is 5.87. The first-order chi connectivity index (χ1) is 7.06. The van der Waals surface area contributed by atoms with E-state index in [0.29, 0.717) is 0 Å². The fraction of sp³-hybridized carbons (Fsp3) is 0.727. The number of carbonyl (C=O) groups excluding carboxylic acids is 1. The van der Waals surface area contributed by atoms with Gasteiger partial charge >= 0.3 is 0 Å². The second-order valence-corrected chi connectivity index (χ2v) is 3.61. The van der Waals surface area contributed by atoms with E-state index >= 15 is 0 Å². The summed E-state index contributed by atoms with van der Waals surface area (Å²) in [5.74, 6) is -0.167. The van der Waals surface area contributed by atoms with Crippen molar-refractivity contribution in [1.82, 2.24) is 4.90 Å². The summed E-state index contributed by atoms with van der Waals surface area (Å²) in [6, 6.07) is -0.159. The smallest absolute Gasteiger partial charge is 0.246 e. The van der Waals surface area contributed by atoms with Crippen molar-refractivity contribution in [1.29, 1.82) is 0 Å². The molecule has 0 aromatic rings. The lowest BCUT2D eigenvalue weighted by Crippen LogP contribution is -2.39. The van der Waals surface area contributed by atoms with Crippen molar-refractivity contribution in [2.24, 2.45) is 0 Å². The van der Waals surface area contributed by atoms with Gasteiger partial charge in [-0.3, -0.25) is 4.79 Å². The molecule has 2 atom stereocenters. The first-order valence-corrected chi connectivity index (χ1v) is 5.09. The Hall–Kier alpha value is -0.870. The molecule has 2 unspecified atom stereocenters. The van der Waals surface area contributed by atoms with Gasteiger partial charge in [-0.05, 0) is 25.8 Å². The van der Waals surface area contributed by atoms with Crippen molar-refractivity contribution >= 4 is 5.91 Å². The number of ether oxygens (including phenoxy) is 1. The molecule has 0 aromatic carbocycles. The summed E-state index contributed by atoms with van der Waals surface area (Å²) in [6.07, 6.45) is 2.94. The predicted octanol–water partition coefficient (Wildman–Crippen LogP) is 0.807. The fourth-order valence-corrected chi connectivity index (χ4v) is 1.28. The van der Waals surface area contributed by atoms with Crippen molar-refractivity contribution in [2.75, 3.05) is 20.8 Å². The van der Waals surface area contributed by atoms with Crippen molar-refractivity contribution < 1.29 is 14.6 Å². The number of hydrogen-bond acceptors (Lipinski definition) is 3. The standard InChI is InChI=1S/C11H21NO3/c1-5-11(14)12(3)10(8-13)7-6-9(2)15-4/h5,9-10,13H,1,6-8H2,2-4H3. The SMILES string of the molecule is C=CC(=O)N(C)C(CO)CCC(C)OC. The molecule has 0 rings (SSSR count). The third-order valence-electron chi connectivity index (χ3n) is 2.59. The maximum Gasteiger partial charge on any atom is 0.246 e. The second kappa shape index (κ2) is 7.43. The number of nitrogens with zero attached hydrogens (tertiary/aromatic N) is 1. The van der Waals surface area contributed by atoms with Gasteiger partial charge in [0.1, 0.15) is 0 Å². The lowest BCUT2D eigenvalue weighted by atomic mass is 10.1. The molecule has 0 saturated heterocycles. The topological polar surface area (TPSA) is 49.8 Å². The third-order valence-corrected chi connectivity index (χ3v) is 2.59. The van der Waals surface area contributed by atoms with Crippen LogP contribution in [0.5, 0.6) is 0 Å². The molecule has 15 heavy (non-hydrogen) atoms. The normalized spacial score (nSPS) is 14.4.